The van der Waals surface area contributed by atoms with Crippen LogP contribution in [0.4, 0.5) is 5.69 Å². The summed E-state index contributed by atoms with van der Waals surface area (Å²) in [4.78, 5) is 8.60. The van der Waals surface area contributed by atoms with Gasteiger partial charge in [0, 0.05) is 35.4 Å². The molecule has 1 aliphatic heterocycles. The predicted octanol–water partition coefficient (Wildman–Crippen LogP) is 4.88. The number of rotatable bonds is 5. The minimum Gasteiger partial charge on any atom is -0.337 e. The van der Waals surface area contributed by atoms with Crippen LogP contribution >= 0.6 is 48.2 Å². The molecule has 0 unspecified atom stereocenters. The zero-order valence-corrected chi connectivity index (χ0v) is 15.6. The van der Waals surface area contributed by atoms with Gasteiger partial charge in [0.1, 0.15) is 0 Å². The van der Waals surface area contributed by atoms with Crippen LogP contribution in [0.1, 0.15) is 18.4 Å². The van der Waals surface area contributed by atoms with Gasteiger partial charge in [-0.25, -0.2) is 4.98 Å². The average molecular weight is 394 g/mol. The SMILES string of the molecule is Cl.Cl.Clc1ccc2c(c1)CN=C(SCCCCn1ccnc1)N2. The van der Waals surface area contributed by atoms with Crippen molar-refractivity contribution in [2.75, 3.05) is 11.1 Å². The molecule has 0 aliphatic carbocycles. The van der Waals surface area contributed by atoms with E-state index in [0.29, 0.717) is 6.54 Å². The number of aryl methyl sites for hydroxylation is 1. The zero-order valence-electron chi connectivity index (χ0n) is 12.4. The minimum atomic E-state index is 0. The third-order valence-electron chi connectivity index (χ3n) is 3.31. The molecular weight excluding hydrogens is 375 g/mol. The van der Waals surface area contributed by atoms with E-state index in [1.807, 2.05) is 36.9 Å². The van der Waals surface area contributed by atoms with Crippen molar-refractivity contribution in [1.29, 1.82) is 0 Å². The molecule has 0 atom stereocenters. The summed E-state index contributed by atoms with van der Waals surface area (Å²) in [6.07, 6.45) is 8.00. The molecule has 2 heterocycles. The average Bonchev–Trinajstić information content (AvgIpc) is 3.00. The van der Waals surface area contributed by atoms with Crippen LogP contribution in [-0.4, -0.2) is 20.5 Å². The Hall–Kier alpha value is -0.880. The Labute approximate surface area is 157 Å². The summed E-state index contributed by atoms with van der Waals surface area (Å²) in [5, 5.41) is 5.14. The summed E-state index contributed by atoms with van der Waals surface area (Å²) in [5.41, 5.74) is 2.28. The number of hydrogen-bond donors (Lipinski definition) is 1. The second-order valence-corrected chi connectivity index (χ2v) is 6.42. The highest BCUT2D eigenvalue weighted by Crippen LogP contribution is 2.26. The molecule has 2 aromatic rings. The van der Waals surface area contributed by atoms with Crippen molar-refractivity contribution in [3.63, 3.8) is 0 Å². The summed E-state index contributed by atoms with van der Waals surface area (Å²) in [5.74, 6) is 1.07. The lowest BCUT2D eigenvalue weighted by molar-refractivity contribution is 0.635. The molecule has 0 fully saturated rings. The maximum Gasteiger partial charge on any atom is 0.161 e. The number of halogens is 3. The molecule has 1 aliphatic rings. The topological polar surface area (TPSA) is 42.2 Å². The number of benzene rings is 1. The second kappa shape index (κ2) is 10.1. The quantitative estimate of drug-likeness (QED) is 0.736. The highest BCUT2D eigenvalue weighted by atomic mass is 35.5. The monoisotopic (exact) mass is 392 g/mol. The Kier molecular flexibility index (Phi) is 8.84. The van der Waals surface area contributed by atoms with Gasteiger partial charge in [0.25, 0.3) is 0 Å². The van der Waals surface area contributed by atoms with Crippen LogP contribution < -0.4 is 5.32 Å². The van der Waals surface area contributed by atoms with Gasteiger partial charge < -0.3 is 9.88 Å². The van der Waals surface area contributed by atoms with Crippen LogP contribution in [0.15, 0.2) is 41.9 Å². The predicted molar refractivity (Wildman–Crippen MR) is 105 cm³/mol. The molecule has 8 heteroatoms. The van der Waals surface area contributed by atoms with Gasteiger partial charge in [0.15, 0.2) is 5.17 Å². The molecular formula is C15H19Cl3N4S. The van der Waals surface area contributed by atoms with Crippen molar-refractivity contribution in [2.24, 2.45) is 4.99 Å². The molecule has 0 saturated carbocycles. The highest BCUT2D eigenvalue weighted by molar-refractivity contribution is 8.14. The van der Waals surface area contributed by atoms with Gasteiger partial charge in [0.2, 0.25) is 0 Å². The minimum absolute atomic E-state index is 0. The number of hydrogen-bond acceptors (Lipinski definition) is 4. The van der Waals surface area contributed by atoms with E-state index >= 15 is 0 Å². The third-order valence-corrected chi connectivity index (χ3v) is 4.54. The fourth-order valence-electron chi connectivity index (χ4n) is 2.19. The number of nitrogens with one attached hydrogen (secondary N) is 1. The summed E-state index contributed by atoms with van der Waals surface area (Å²) < 4.78 is 2.11. The lowest BCUT2D eigenvalue weighted by Gasteiger charge is -2.18. The van der Waals surface area contributed by atoms with Crippen LogP contribution in [0.3, 0.4) is 0 Å². The zero-order chi connectivity index (χ0) is 14.5. The van der Waals surface area contributed by atoms with Crippen molar-refractivity contribution in [1.82, 2.24) is 9.55 Å². The second-order valence-electron chi connectivity index (χ2n) is 4.90. The fourth-order valence-corrected chi connectivity index (χ4v) is 3.27. The lowest BCUT2D eigenvalue weighted by Crippen LogP contribution is -2.15. The van der Waals surface area contributed by atoms with Gasteiger partial charge in [-0.1, -0.05) is 23.4 Å². The summed E-state index contributed by atoms with van der Waals surface area (Å²) >= 11 is 7.77. The van der Waals surface area contributed by atoms with Gasteiger partial charge in [-0.2, -0.15) is 0 Å². The number of aliphatic imine (C=N–C) groups is 1. The number of nitrogens with zero attached hydrogens (tertiary/aromatic N) is 3. The fraction of sp³-hybridized carbons (Fsp3) is 0.333. The van der Waals surface area contributed by atoms with Gasteiger partial charge in [-0.15, -0.1) is 24.8 Å². The molecule has 1 aromatic carbocycles. The normalized spacial score (nSPS) is 12.3. The first-order valence-corrected chi connectivity index (χ1v) is 8.36. The van der Waals surface area contributed by atoms with E-state index in [1.165, 1.54) is 0 Å². The Morgan fingerprint density at radius 3 is 2.91 bits per heavy atom. The van der Waals surface area contributed by atoms with Crippen LogP contribution in [0.25, 0.3) is 0 Å². The maximum absolute atomic E-state index is 5.99. The molecule has 0 radical (unpaired) electrons. The Bertz CT molecular complexity index is 632. The molecule has 4 nitrogen and oxygen atoms in total. The molecule has 0 spiro atoms. The van der Waals surface area contributed by atoms with Gasteiger partial charge in [-0.3, -0.25) is 4.99 Å². The van der Waals surface area contributed by atoms with Gasteiger partial charge >= 0.3 is 0 Å². The van der Waals surface area contributed by atoms with Crippen molar-refractivity contribution < 1.29 is 0 Å². The van der Waals surface area contributed by atoms with Crippen LogP contribution in [-0.2, 0) is 13.1 Å². The number of unbranched alkanes of at least 4 members (excludes halogenated alkanes) is 1. The molecule has 0 amide bonds. The van der Waals surface area contributed by atoms with Gasteiger partial charge in [-0.05, 0) is 36.6 Å². The molecule has 126 valence electrons. The number of anilines is 1. The number of thioether (sulfide) groups is 1. The van der Waals surface area contributed by atoms with Crippen LogP contribution in [0.5, 0.6) is 0 Å². The first-order chi connectivity index (χ1) is 10.3. The first-order valence-electron chi connectivity index (χ1n) is 7.00. The van der Waals surface area contributed by atoms with Crippen molar-refractivity contribution >= 4 is 59.0 Å². The molecule has 23 heavy (non-hydrogen) atoms. The van der Waals surface area contributed by atoms with Crippen molar-refractivity contribution in [3.8, 4) is 0 Å². The van der Waals surface area contributed by atoms with E-state index in [2.05, 4.69) is 19.9 Å². The van der Waals surface area contributed by atoms with Gasteiger partial charge in [0.05, 0.1) is 12.9 Å². The third kappa shape index (κ3) is 5.92. The van der Waals surface area contributed by atoms with Crippen molar-refractivity contribution in [2.45, 2.75) is 25.9 Å². The summed E-state index contributed by atoms with van der Waals surface area (Å²) in [6.45, 7) is 1.74. The lowest BCUT2D eigenvalue weighted by atomic mass is 10.1. The summed E-state index contributed by atoms with van der Waals surface area (Å²) in [7, 11) is 0. The highest BCUT2D eigenvalue weighted by Gasteiger charge is 2.11. The Balaban J connectivity index is 0.00000132. The van der Waals surface area contributed by atoms with E-state index in [4.69, 9.17) is 11.6 Å². The standard InChI is InChI=1S/C15H17ClN4S.2ClH/c16-13-3-4-14-12(9-13)10-18-15(19-14)21-8-2-1-6-20-7-5-17-11-20;;/h3-5,7,9,11H,1-2,6,8,10H2,(H,18,19);2*1H. The molecule has 1 N–H and O–H groups in total. The number of fused-ring (bicyclic) bond motifs is 1. The number of aromatic nitrogens is 2. The molecule has 0 saturated heterocycles. The molecule has 1 aromatic heterocycles. The smallest absolute Gasteiger partial charge is 0.161 e. The largest absolute Gasteiger partial charge is 0.337 e. The molecule has 3 rings (SSSR count). The van der Waals surface area contributed by atoms with Crippen molar-refractivity contribution in [3.05, 3.63) is 47.5 Å². The van der Waals surface area contributed by atoms with Crippen LogP contribution in [0.2, 0.25) is 5.02 Å². The molecule has 0 bridgehead atoms. The van der Waals surface area contributed by atoms with E-state index in [-0.39, 0.29) is 24.8 Å². The van der Waals surface area contributed by atoms with E-state index < -0.39 is 0 Å². The van der Waals surface area contributed by atoms with E-state index in [9.17, 15) is 0 Å². The van der Waals surface area contributed by atoms with Crippen LogP contribution in [0, 0.1) is 0 Å². The summed E-state index contributed by atoms with van der Waals surface area (Å²) in [6, 6.07) is 5.90. The number of imidazole rings is 1. The number of amidine groups is 1. The maximum atomic E-state index is 5.99. The van der Waals surface area contributed by atoms with E-state index in [0.717, 1.165) is 46.6 Å². The first kappa shape index (κ1) is 20.2. The Morgan fingerprint density at radius 1 is 1.26 bits per heavy atom. The van der Waals surface area contributed by atoms with E-state index in [1.54, 1.807) is 11.8 Å². The Morgan fingerprint density at radius 2 is 2.13 bits per heavy atom.